The Morgan fingerprint density at radius 2 is 1.73 bits per heavy atom. The summed E-state index contributed by atoms with van der Waals surface area (Å²) < 4.78 is 0. The second kappa shape index (κ2) is 8.42. The Labute approximate surface area is 95.3 Å². The topological polar surface area (TPSA) is 0 Å². The smallest absolute Gasteiger partial charge is 0 e. The van der Waals surface area contributed by atoms with E-state index in [2.05, 4.69) is 19.1 Å². The Balaban J connectivity index is 0. The molecular formula is C10H15Y-. The van der Waals surface area contributed by atoms with Gasteiger partial charge < -0.3 is 0 Å². The molecule has 0 N–H and O–H groups in total. The van der Waals surface area contributed by atoms with Crippen LogP contribution in [0.5, 0.6) is 0 Å². The Bertz CT molecular complexity index is 165. The van der Waals surface area contributed by atoms with Gasteiger partial charge in [0.1, 0.15) is 0 Å². The Morgan fingerprint density at radius 3 is 2.00 bits per heavy atom. The average molecular weight is 224 g/mol. The quantitative estimate of drug-likeness (QED) is 0.594. The summed E-state index contributed by atoms with van der Waals surface area (Å²) in [6.45, 7) is 8.13. The van der Waals surface area contributed by atoms with Crippen LogP contribution in [0.3, 0.4) is 0 Å². The van der Waals surface area contributed by atoms with Crippen LogP contribution in [0.1, 0.15) is 25.0 Å². The van der Waals surface area contributed by atoms with Crippen LogP contribution in [0.15, 0.2) is 18.2 Å². The molecule has 0 bridgehead atoms. The summed E-state index contributed by atoms with van der Waals surface area (Å²) in [5.74, 6) is 0. The van der Waals surface area contributed by atoms with Crippen molar-refractivity contribution in [3.05, 3.63) is 35.4 Å². The molecule has 0 aromatic heterocycles. The summed E-state index contributed by atoms with van der Waals surface area (Å²) in [6, 6.07) is 9.18. The Morgan fingerprint density at radius 1 is 1.18 bits per heavy atom. The van der Waals surface area contributed by atoms with Crippen molar-refractivity contribution in [3.8, 4) is 0 Å². The van der Waals surface area contributed by atoms with Crippen LogP contribution < -0.4 is 0 Å². The van der Waals surface area contributed by atoms with Gasteiger partial charge in [-0.1, -0.05) is 27.7 Å². The zero-order valence-corrected chi connectivity index (χ0v) is 10.6. The van der Waals surface area contributed by atoms with Crippen molar-refractivity contribution in [1.82, 2.24) is 0 Å². The number of aryl methyl sites for hydroxylation is 2. The number of hydrogen-bond acceptors (Lipinski definition) is 0. The molecule has 0 fully saturated rings. The third-order valence-corrected chi connectivity index (χ3v) is 1.10. The van der Waals surface area contributed by atoms with Gasteiger partial charge in [-0.15, -0.1) is 0 Å². The van der Waals surface area contributed by atoms with Crippen molar-refractivity contribution in [3.63, 3.8) is 0 Å². The van der Waals surface area contributed by atoms with E-state index in [0.717, 1.165) is 0 Å². The van der Waals surface area contributed by atoms with Crippen molar-refractivity contribution in [2.24, 2.45) is 0 Å². The molecule has 0 heterocycles. The first-order chi connectivity index (χ1) is 4.79. The first-order valence-electron chi connectivity index (χ1n) is 3.74. The molecule has 0 aliphatic heterocycles. The number of benzene rings is 1. The van der Waals surface area contributed by atoms with Gasteiger partial charge >= 0.3 is 0 Å². The maximum absolute atomic E-state index is 3.07. The molecule has 1 heteroatoms. The third kappa shape index (κ3) is 6.71. The summed E-state index contributed by atoms with van der Waals surface area (Å²) >= 11 is 0. The fourth-order valence-electron chi connectivity index (χ4n) is 0.736. The normalized spacial score (nSPS) is 7.27. The van der Waals surface area contributed by atoms with E-state index in [9.17, 15) is 0 Å². The van der Waals surface area contributed by atoms with Gasteiger partial charge in [0, 0.05) is 32.7 Å². The molecule has 0 amide bonds. The largest absolute Gasteiger partial charge is 0.181 e. The summed E-state index contributed by atoms with van der Waals surface area (Å²) in [5, 5.41) is 0. The fraction of sp³-hybridized carbons (Fsp3) is 0.400. The predicted molar refractivity (Wildman–Crippen MR) is 46.1 cm³/mol. The van der Waals surface area contributed by atoms with E-state index in [1.807, 2.05) is 32.9 Å². The maximum atomic E-state index is 3.07. The molecule has 11 heavy (non-hydrogen) atoms. The molecule has 59 valence electrons. The molecular weight excluding hydrogens is 209 g/mol. The molecule has 1 rings (SSSR count). The van der Waals surface area contributed by atoms with E-state index >= 15 is 0 Å². The molecule has 0 saturated carbocycles. The first-order valence-corrected chi connectivity index (χ1v) is 3.74. The SMILES string of the molecule is CC.Cc1[c-]ccc(C)c1.[Y]. The standard InChI is InChI=1S/C8H9.C2H6.Y/c1-7-4-3-5-8(2)6-7;1-2;/h3-4,6H,1-2H3;1-2H3;/q-1;;. The third-order valence-electron chi connectivity index (χ3n) is 1.10. The minimum absolute atomic E-state index is 0. The molecule has 0 spiro atoms. The minimum Gasteiger partial charge on any atom is -0.181 e. The van der Waals surface area contributed by atoms with Gasteiger partial charge in [-0.25, -0.2) is 0 Å². The molecule has 1 aromatic rings. The van der Waals surface area contributed by atoms with Gasteiger partial charge in [0.15, 0.2) is 0 Å². The molecule has 0 saturated heterocycles. The van der Waals surface area contributed by atoms with Gasteiger partial charge in [0.05, 0.1) is 0 Å². The van der Waals surface area contributed by atoms with E-state index in [1.165, 1.54) is 11.1 Å². The van der Waals surface area contributed by atoms with Gasteiger partial charge in [-0.2, -0.15) is 35.4 Å². The molecule has 0 unspecified atom stereocenters. The van der Waals surface area contributed by atoms with Crippen LogP contribution in [-0.4, -0.2) is 0 Å². The average Bonchev–Trinajstić information content (AvgIpc) is 1.91. The van der Waals surface area contributed by atoms with Gasteiger partial charge in [0.25, 0.3) is 0 Å². The molecule has 0 nitrogen and oxygen atoms in total. The van der Waals surface area contributed by atoms with Crippen LogP contribution in [0, 0.1) is 19.9 Å². The van der Waals surface area contributed by atoms with Crippen LogP contribution in [0.2, 0.25) is 0 Å². The minimum atomic E-state index is 0. The van der Waals surface area contributed by atoms with Gasteiger partial charge in [-0.05, 0) is 0 Å². The summed E-state index contributed by atoms with van der Waals surface area (Å²) in [6.07, 6.45) is 0. The van der Waals surface area contributed by atoms with Crippen molar-refractivity contribution < 1.29 is 32.7 Å². The second-order valence-corrected chi connectivity index (χ2v) is 2.05. The Kier molecular flexibility index (Phi) is 10.6. The first kappa shape index (κ1) is 13.9. The Hall–Kier alpha value is 0.324. The summed E-state index contributed by atoms with van der Waals surface area (Å²) in [5.41, 5.74) is 2.52. The van der Waals surface area contributed by atoms with Gasteiger partial charge in [0.2, 0.25) is 0 Å². The number of rotatable bonds is 0. The van der Waals surface area contributed by atoms with E-state index < -0.39 is 0 Å². The summed E-state index contributed by atoms with van der Waals surface area (Å²) in [7, 11) is 0. The molecule has 1 radical (unpaired) electrons. The number of hydrogen-bond donors (Lipinski definition) is 0. The van der Waals surface area contributed by atoms with E-state index in [1.54, 1.807) is 0 Å². The second-order valence-electron chi connectivity index (χ2n) is 2.05. The maximum Gasteiger partial charge on any atom is 0 e. The van der Waals surface area contributed by atoms with Crippen LogP contribution in [-0.2, 0) is 32.7 Å². The summed E-state index contributed by atoms with van der Waals surface area (Å²) in [4.78, 5) is 0. The molecule has 1 aromatic carbocycles. The van der Waals surface area contributed by atoms with Crippen molar-refractivity contribution in [2.75, 3.05) is 0 Å². The monoisotopic (exact) mass is 224 g/mol. The predicted octanol–water partition coefficient (Wildman–Crippen LogP) is 3.13. The van der Waals surface area contributed by atoms with Crippen molar-refractivity contribution >= 4 is 0 Å². The van der Waals surface area contributed by atoms with Crippen LogP contribution in [0.4, 0.5) is 0 Å². The zero-order valence-electron chi connectivity index (χ0n) is 7.81. The molecule has 0 aliphatic rings. The van der Waals surface area contributed by atoms with Crippen LogP contribution >= 0.6 is 0 Å². The van der Waals surface area contributed by atoms with Gasteiger partial charge in [-0.3, -0.25) is 0 Å². The fourth-order valence-corrected chi connectivity index (χ4v) is 0.736. The zero-order chi connectivity index (χ0) is 7.98. The van der Waals surface area contributed by atoms with E-state index in [0.29, 0.717) is 0 Å². The van der Waals surface area contributed by atoms with Crippen LogP contribution in [0.25, 0.3) is 0 Å². The van der Waals surface area contributed by atoms with Crippen molar-refractivity contribution in [1.29, 1.82) is 0 Å². The molecule has 0 atom stereocenters. The van der Waals surface area contributed by atoms with E-state index in [4.69, 9.17) is 0 Å². The van der Waals surface area contributed by atoms with E-state index in [-0.39, 0.29) is 32.7 Å². The van der Waals surface area contributed by atoms with Crippen molar-refractivity contribution in [2.45, 2.75) is 27.7 Å². The molecule has 0 aliphatic carbocycles.